The van der Waals surface area contributed by atoms with E-state index in [0.717, 1.165) is 40.8 Å². The lowest BCUT2D eigenvalue weighted by molar-refractivity contribution is -0.119. The van der Waals surface area contributed by atoms with E-state index in [1.807, 2.05) is 48.5 Å². The van der Waals surface area contributed by atoms with Gasteiger partial charge in [0.15, 0.2) is 6.61 Å². The molecule has 7 nitrogen and oxygen atoms in total. The van der Waals surface area contributed by atoms with Gasteiger partial charge in [-0.05, 0) is 54.5 Å². The van der Waals surface area contributed by atoms with Crippen LogP contribution in [0.3, 0.4) is 0 Å². The molecule has 0 bridgehead atoms. The lowest BCUT2D eigenvalue weighted by atomic mass is 9.83. The second-order valence-corrected chi connectivity index (χ2v) is 10.6. The molecule has 1 aliphatic carbocycles. The van der Waals surface area contributed by atoms with Gasteiger partial charge in [-0.15, -0.1) is 11.3 Å². The molecule has 0 radical (unpaired) electrons. The molecule has 0 spiro atoms. The molecule has 1 amide bonds. The summed E-state index contributed by atoms with van der Waals surface area (Å²) >= 11 is 1.44. The zero-order valence-electron chi connectivity index (χ0n) is 20.9. The Kier molecular flexibility index (Phi) is 6.66. The van der Waals surface area contributed by atoms with Crippen LogP contribution in [0.25, 0.3) is 22.4 Å². The Labute approximate surface area is 229 Å². The minimum absolute atomic E-state index is 0.315. The highest BCUT2D eigenvalue weighted by atomic mass is 32.1. The van der Waals surface area contributed by atoms with Gasteiger partial charge < -0.3 is 15.0 Å². The van der Waals surface area contributed by atoms with Gasteiger partial charge in [0.25, 0.3) is 5.91 Å². The molecule has 2 heterocycles. The van der Waals surface area contributed by atoms with Crippen LogP contribution in [-0.2, 0) is 22.4 Å². The molecule has 0 saturated carbocycles. The molecular formula is C31H24N4O3S. The summed E-state index contributed by atoms with van der Waals surface area (Å²) < 4.78 is 5.29. The molecule has 5 aromatic rings. The predicted molar refractivity (Wildman–Crippen MR) is 151 cm³/mol. The van der Waals surface area contributed by atoms with Crippen molar-refractivity contribution in [2.75, 3.05) is 11.9 Å². The number of thiophene rings is 1. The molecule has 2 aromatic heterocycles. The summed E-state index contributed by atoms with van der Waals surface area (Å²) in [6.45, 7) is -0.449. The van der Waals surface area contributed by atoms with E-state index in [1.54, 1.807) is 18.2 Å². The molecule has 6 rings (SSSR count). The SMILES string of the molecule is N#Cc1c(NC(=O)COC(=O)c2ccc3nc(-c4ccccc4)[nH]c3c2)sc2c1CCC(c1ccccc1)C2. The van der Waals surface area contributed by atoms with Gasteiger partial charge in [0.1, 0.15) is 16.9 Å². The molecule has 192 valence electrons. The van der Waals surface area contributed by atoms with Gasteiger partial charge in [0.05, 0.1) is 22.2 Å². The summed E-state index contributed by atoms with van der Waals surface area (Å²) in [6.07, 6.45) is 2.59. The Balaban J connectivity index is 1.11. The number of H-pyrrole nitrogens is 1. The second kappa shape index (κ2) is 10.6. The molecule has 1 atom stereocenters. The third kappa shape index (κ3) is 5.05. The maximum absolute atomic E-state index is 12.7. The number of amides is 1. The van der Waals surface area contributed by atoms with E-state index in [0.29, 0.717) is 33.4 Å². The first-order valence-electron chi connectivity index (χ1n) is 12.7. The molecule has 0 aliphatic heterocycles. The first-order valence-corrected chi connectivity index (χ1v) is 13.5. The third-order valence-corrected chi connectivity index (χ3v) is 8.17. The highest BCUT2D eigenvalue weighted by molar-refractivity contribution is 7.16. The van der Waals surface area contributed by atoms with E-state index in [4.69, 9.17) is 4.74 Å². The maximum atomic E-state index is 12.7. The number of nitrogens with one attached hydrogen (secondary N) is 2. The number of ether oxygens (including phenoxy) is 1. The van der Waals surface area contributed by atoms with Crippen LogP contribution in [0.5, 0.6) is 0 Å². The average molecular weight is 533 g/mol. The molecule has 8 heteroatoms. The second-order valence-electron chi connectivity index (χ2n) is 9.48. The van der Waals surface area contributed by atoms with Gasteiger partial charge in [-0.25, -0.2) is 9.78 Å². The van der Waals surface area contributed by atoms with Crippen molar-refractivity contribution < 1.29 is 14.3 Å². The number of carbonyl (C=O) groups excluding carboxylic acids is 2. The number of nitriles is 1. The van der Waals surface area contributed by atoms with Gasteiger partial charge in [0.2, 0.25) is 0 Å². The minimum Gasteiger partial charge on any atom is -0.452 e. The number of benzene rings is 3. The van der Waals surface area contributed by atoms with Crippen molar-refractivity contribution in [3.8, 4) is 17.5 Å². The number of anilines is 1. The Morgan fingerprint density at radius 2 is 1.85 bits per heavy atom. The Morgan fingerprint density at radius 1 is 1.08 bits per heavy atom. The van der Waals surface area contributed by atoms with Crippen molar-refractivity contribution in [3.05, 3.63) is 106 Å². The normalized spacial score (nSPS) is 14.4. The van der Waals surface area contributed by atoms with Gasteiger partial charge in [0, 0.05) is 10.4 Å². The van der Waals surface area contributed by atoms with Crippen molar-refractivity contribution in [2.45, 2.75) is 25.2 Å². The number of nitrogens with zero attached hydrogens (tertiary/aromatic N) is 2. The summed E-state index contributed by atoms with van der Waals surface area (Å²) in [7, 11) is 0. The number of hydrogen-bond acceptors (Lipinski definition) is 6. The van der Waals surface area contributed by atoms with Crippen molar-refractivity contribution in [3.63, 3.8) is 0 Å². The Morgan fingerprint density at radius 3 is 2.62 bits per heavy atom. The number of imidazole rings is 1. The monoisotopic (exact) mass is 532 g/mol. The molecule has 3 aromatic carbocycles. The van der Waals surface area contributed by atoms with Gasteiger partial charge in [-0.1, -0.05) is 60.7 Å². The summed E-state index contributed by atoms with van der Waals surface area (Å²) in [4.78, 5) is 34.3. The van der Waals surface area contributed by atoms with Crippen LogP contribution in [0.15, 0.2) is 78.9 Å². The maximum Gasteiger partial charge on any atom is 0.338 e. The number of hydrogen-bond donors (Lipinski definition) is 2. The van der Waals surface area contributed by atoms with Crippen molar-refractivity contribution in [1.29, 1.82) is 5.26 Å². The fraction of sp³-hybridized carbons (Fsp3) is 0.161. The number of aromatic amines is 1. The van der Waals surface area contributed by atoms with Gasteiger partial charge in [-0.3, -0.25) is 4.79 Å². The molecule has 1 aliphatic rings. The molecule has 39 heavy (non-hydrogen) atoms. The number of esters is 1. The Hall–Kier alpha value is -4.74. The summed E-state index contributed by atoms with van der Waals surface area (Å²) in [5.74, 6) is 0.00791. The third-order valence-electron chi connectivity index (χ3n) is 7.00. The largest absolute Gasteiger partial charge is 0.452 e. The predicted octanol–water partition coefficient (Wildman–Crippen LogP) is 6.23. The van der Waals surface area contributed by atoms with E-state index in [1.165, 1.54) is 16.9 Å². The van der Waals surface area contributed by atoms with Crippen molar-refractivity contribution in [2.24, 2.45) is 0 Å². The zero-order chi connectivity index (χ0) is 26.8. The van der Waals surface area contributed by atoms with E-state index >= 15 is 0 Å². The lowest BCUT2D eigenvalue weighted by Crippen LogP contribution is -2.21. The summed E-state index contributed by atoms with van der Waals surface area (Å²) in [5.41, 5.74) is 5.50. The van der Waals surface area contributed by atoms with Crippen molar-refractivity contribution in [1.82, 2.24) is 9.97 Å². The van der Waals surface area contributed by atoms with Crippen LogP contribution < -0.4 is 5.32 Å². The first kappa shape index (κ1) is 24.6. The van der Waals surface area contributed by atoms with Gasteiger partial charge >= 0.3 is 5.97 Å². The molecule has 0 fully saturated rings. The quantitative estimate of drug-likeness (QED) is 0.252. The number of fused-ring (bicyclic) bond motifs is 2. The van der Waals surface area contributed by atoms with Crippen LogP contribution in [-0.4, -0.2) is 28.5 Å². The minimum atomic E-state index is -0.611. The Bertz CT molecular complexity index is 1720. The zero-order valence-corrected chi connectivity index (χ0v) is 21.8. The fourth-order valence-corrected chi connectivity index (χ4v) is 6.34. The number of aromatic nitrogens is 2. The summed E-state index contributed by atoms with van der Waals surface area (Å²) in [6, 6.07) is 27.4. The van der Waals surface area contributed by atoms with Crippen LogP contribution in [0.4, 0.5) is 5.00 Å². The highest BCUT2D eigenvalue weighted by Crippen LogP contribution is 2.42. The molecular weight excluding hydrogens is 508 g/mol. The smallest absolute Gasteiger partial charge is 0.338 e. The van der Waals surface area contributed by atoms with Crippen LogP contribution in [0.2, 0.25) is 0 Å². The first-order chi connectivity index (χ1) is 19.1. The molecule has 2 N–H and O–H groups in total. The highest BCUT2D eigenvalue weighted by Gasteiger charge is 2.27. The topological polar surface area (TPSA) is 108 Å². The fourth-order valence-electron chi connectivity index (χ4n) is 5.05. The van der Waals surface area contributed by atoms with E-state index in [-0.39, 0.29) is 0 Å². The van der Waals surface area contributed by atoms with E-state index in [2.05, 4.69) is 33.5 Å². The lowest BCUT2D eigenvalue weighted by Gasteiger charge is -2.22. The molecule has 0 saturated heterocycles. The van der Waals surface area contributed by atoms with Gasteiger partial charge in [-0.2, -0.15) is 5.26 Å². The van der Waals surface area contributed by atoms with E-state index in [9.17, 15) is 14.9 Å². The number of rotatable bonds is 6. The standard InChI is InChI=1S/C31H24N4O3S/c32-17-24-23-13-11-21(19-7-3-1-4-8-19)16-27(23)39-30(24)35-28(36)18-38-31(37)22-12-14-25-26(15-22)34-29(33-25)20-9-5-2-6-10-20/h1-10,12,14-15,21H,11,13,16,18H2,(H,33,34)(H,35,36). The average Bonchev–Trinajstić information content (AvgIpc) is 3.56. The summed E-state index contributed by atoms with van der Waals surface area (Å²) in [5, 5.41) is 13.1. The van der Waals surface area contributed by atoms with Crippen molar-refractivity contribution >= 4 is 39.2 Å². The van der Waals surface area contributed by atoms with Crippen LogP contribution >= 0.6 is 11.3 Å². The van der Waals surface area contributed by atoms with E-state index < -0.39 is 18.5 Å². The van der Waals surface area contributed by atoms with Crippen LogP contribution in [0, 0.1) is 11.3 Å². The number of carbonyl (C=O) groups is 2. The molecule has 1 unspecified atom stereocenters. The van der Waals surface area contributed by atoms with Crippen LogP contribution in [0.1, 0.15) is 44.3 Å².